The molecule has 5 rings (SSSR count). The lowest BCUT2D eigenvalue weighted by Gasteiger charge is -2.44. The van der Waals surface area contributed by atoms with E-state index in [1.807, 2.05) is 60.4 Å². The van der Waals surface area contributed by atoms with Gasteiger partial charge in [-0.25, -0.2) is 0 Å². The van der Waals surface area contributed by atoms with Crippen molar-refractivity contribution in [2.45, 2.75) is 32.2 Å². The number of aryl methyl sites for hydroxylation is 1. The van der Waals surface area contributed by atoms with E-state index >= 15 is 0 Å². The van der Waals surface area contributed by atoms with E-state index in [-0.39, 0.29) is 11.8 Å². The van der Waals surface area contributed by atoms with Crippen LogP contribution in [0.3, 0.4) is 0 Å². The smallest absolute Gasteiger partial charge is 0.255 e. The predicted molar refractivity (Wildman–Crippen MR) is 132 cm³/mol. The molecular formula is C28H29N3O4. The molecule has 7 heteroatoms. The average Bonchev–Trinajstić information content (AvgIpc) is 2.88. The lowest BCUT2D eigenvalue weighted by Crippen LogP contribution is -2.52. The molecule has 0 saturated carbocycles. The number of hydrogen-bond acceptors (Lipinski definition) is 5. The number of likely N-dealkylation sites (tertiary alicyclic amines) is 1. The first-order chi connectivity index (χ1) is 16.8. The van der Waals surface area contributed by atoms with Crippen molar-refractivity contribution in [2.24, 2.45) is 0 Å². The fourth-order valence-corrected chi connectivity index (χ4v) is 4.55. The van der Waals surface area contributed by atoms with Crippen molar-refractivity contribution in [2.75, 3.05) is 27.2 Å². The zero-order valence-corrected chi connectivity index (χ0v) is 20.3. The van der Waals surface area contributed by atoms with Gasteiger partial charge < -0.3 is 19.3 Å². The minimum atomic E-state index is -0.703. The van der Waals surface area contributed by atoms with Crippen LogP contribution < -0.4 is 4.74 Å². The number of nitrogens with zero attached hydrogens (tertiary/aromatic N) is 3. The Morgan fingerprint density at radius 1 is 0.943 bits per heavy atom. The molecule has 0 bridgehead atoms. The van der Waals surface area contributed by atoms with Gasteiger partial charge in [0.25, 0.3) is 11.8 Å². The van der Waals surface area contributed by atoms with Gasteiger partial charge in [-0.15, -0.1) is 0 Å². The van der Waals surface area contributed by atoms with Crippen LogP contribution in [0.25, 0.3) is 11.1 Å². The van der Waals surface area contributed by atoms with Gasteiger partial charge in [0.2, 0.25) is 5.79 Å². The Morgan fingerprint density at radius 3 is 2.29 bits per heavy atom. The molecule has 2 aliphatic heterocycles. The molecule has 2 amide bonds. The summed E-state index contributed by atoms with van der Waals surface area (Å²) < 4.78 is 12.6. The lowest BCUT2D eigenvalue weighted by molar-refractivity contribution is -0.225. The molecule has 1 spiro atoms. The van der Waals surface area contributed by atoms with Crippen LogP contribution in [-0.2, 0) is 11.3 Å². The Kier molecular flexibility index (Phi) is 6.03. The summed E-state index contributed by atoms with van der Waals surface area (Å²) in [5.41, 5.74) is 5.22. The van der Waals surface area contributed by atoms with Crippen molar-refractivity contribution in [1.82, 2.24) is 14.8 Å². The summed E-state index contributed by atoms with van der Waals surface area (Å²) >= 11 is 0. The second kappa shape index (κ2) is 9.15. The first-order valence-corrected chi connectivity index (χ1v) is 11.8. The third-order valence-electron chi connectivity index (χ3n) is 6.69. The van der Waals surface area contributed by atoms with Crippen LogP contribution in [0.4, 0.5) is 0 Å². The fourth-order valence-electron chi connectivity index (χ4n) is 4.55. The van der Waals surface area contributed by atoms with Crippen LogP contribution in [0.2, 0.25) is 0 Å². The van der Waals surface area contributed by atoms with Crippen LogP contribution in [0.1, 0.15) is 44.8 Å². The van der Waals surface area contributed by atoms with Crippen LogP contribution in [-0.4, -0.2) is 59.6 Å². The second-order valence-corrected chi connectivity index (χ2v) is 9.38. The third kappa shape index (κ3) is 4.64. The van der Waals surface area contributed by atoms with Crippen molar-refractivity contribution in [3.05, 3.63) is 83.2 Å². The molecule has 35 heavy (non-hydrogen) atoms. The van der Waals surface area contributed by atoms with Crippen molar-refractivity contribution in [3.8, 4) is 16.9 Å². The number of fused-ring (bicyclic) bond motifs is 1. The maximum absolute atomic E-state index is 12.8. The van der Waals surface area contributed by atoms with Gasteiger partial charge in [0.1, 0.15) is 5.75 Å². The molecule has 7 nitrogen and oxygen atoms in total. The quantitative estimate of drug-likeness (QED) is 0.570. The highest BCUT2D eigenvalue weighted by molar-refractivity contribution is 5.94. The summed E-state index contributed by atoms with van der Waals surface area (Å²) in [7, 11) is 3.49. The Bertz CT molecular complexity index is 1240. The highest BCUT2D eigenvalue weighted by Crippen LogP contribution is 2.39. The molecule has 0 unspecified atom stereocenters. The van der Waals surface area contributed by atoms with E-state index in [4.69, 9.17) is 9.47 Å². The second-order valence-electron chi connectivity index (χ2n) is 9.38. The van der Waals surface area contributed by atoms with Gasteiger partial charge in [-0.1, -0.05) is 18.2 Å². The van der Waals surface area contributed by atoms with Gasteiger partial charge in [-0.05, 0) is 54.4 Å². The van der Waals surface area contributed by atoms with E-state index in [2.05, 4.69) is 11.1 Å². The SMILES string of the molecule is Cc1ccc(C(=O)N2CCC3(CC2)OCc2cc(-c4ccc(C(=O)N(C)C)cc4)ccc2O3)cn1. The molecule has 0 aliphatic carbocycles. The number of aromatic nitrogens is 1. The molecule has 3 heterocycles. The number of hydrogen-bond donors (Lipinski definition) is 0. The molecule has 0 N–H and O–H groups in total. The molecule has 1 aromatic heterocycles. The van der Waals surface area contributed by atoms with E-state index < -0.39 is 5.79 Å². The highest BCUT2D eigenvalue weighted by atomic mass is 16.7. The Hall–Kier alpha value is -3.71. The fraction of sp³-hybridized carbons (Fsp3) is 0.321. The number of ether oxygens (including phenoxy) is 2. The monoisotopic (exact) mass is 471 g/mol. The predicted octanol–water partition coefficient (Wildman–Crippen LogP) is 4.30. The number of amides is 2. The maximum Gasteiger partial charge on any atom is 0.255 e. The van der Waals surface area contributed by atoms with Crippen LogP contribution in [0.5, 0.6) is 5.75 Å². The standard InChI is InChI=1S/C28H29N3O4/c1-19-4-5-23(17-29-19)27(33)31-14-12-28(13-15-31)34-18-24-16-22(10-11-25(24)35-28)20-6-8-21(9-7-20)26(32)30(2)3/h4-11,16-17H,12-15,18H2,1-3H3. The molecule has 2 aliphatic rings. The number of piperidine rings is 1. The third-order valence-corrected chi connectivity index (χ3v) is 6.69. The van der Waals surface area contributed by atoms with Gasteiger partial charge >= 0.3 is 0 Å². The number of rotatable bonds is 3. The number of carbonyl (C=O) groups excluding carboxylic acids is 2. The Labute approximate surface area is 205 Å². The molecule has 0 radical (unpaired) electrons. The summed E-state index contributed by atoms with van der Waals surface area (Å²) in [5, 5.41) is 0. The molecule has 0 atom stereocenters. The van der Waals surface area contributed by atoms with Gasteiger partial charge in [-0.3, -0.25) is 14.6 Å². The largest absolute Gasteiger partial charge is 0.462 e. The molecule has 1 fully saturated rings. The minimum Gasteiger partial charge on any atom is -0.462 e. The van der Waals surface area contributed by atoms with E-state index in [1.54, 1.807) is 25.2 Å². The number of benzene rings is 2. The van der Waals surface area contributed by atoms with Gasteiger partial charge in [-0.2, -0.15) is 0 Å². The van der Waals surface area contributed by atoms with E-state index in [9.17, 15) is 9.59 Å². The summed E-state index contributed by atoms with van der Waals surface area (Å²) in [6.07, 6.45) is 2.86. The summed E-state index contributed by atoms with van der Waals surface area (Å²) in [5.74, 6) is 0.0937. The first-order valence-electron chi connectivity index (χ1n) is 11.8. The van der Waals surface area contributed by atoms with Crippen LogP contribution in [0.15, 0.2) is 60.8 Å². The lowest BCUT2D eigenvalue weighted by atomic mass is 9.98. The normalized spacial score (nSPS) is 16.4. The molecule has 1 saturated heterocycles. The topological polar surface area (TPSA) is 72.0 Å². The molecular weight excluding hydrogens is 442 g/mol. The van der Waals surface area contributed by atoms with Crippen molar-refractivity contribution < 1.29 is 19.1 Å². The Morgan fingerprint density at radius 2 is 1.63 bits per heavy atom. The first kappa shape index (κ1) is 23.1. The van der Waals surface area contributed by atoms with Crippen molar-refractivity contribution in [3.63, 3.8) is 0 Å². The zero-order valence-electron chi connectivity index (χ0n) is 20.3. The average molecular weight is 472 g/mol. The highest BCUT2D eigenvalue weighted by Gasteiger charge is 2.42. The van der Waals surface area contributed by atoms with Crippen LogP contribution >= 0.6 is 0 Å². The van der Waals surface area contributed by atoms with E-state index in [0.717, 1.165) is 28.1 Å². The summed E-state index contributed by atoms with van der Waals surface area (Å²) in [6, 6.07) is 17.4. The van der Waals surface area contributed by atoms with Gasteiger partial charge in [0.05, 0.1) is 12.2 Å². The van der Waals surface area contributed by atoms with Crippen LogP contribution in [0, 0.1) is 6.92 Å². The summed E-state index contributed by atoms with van der Waals surface area (Å²) in [4.78, 5) is 32.6. The maximum atomic E-state index is 12.8. The zero-order chi connectivity index (χ0) is 24.6. The summed E-state index contributed by atoms with van der Waals surface area (Å²) in [6.45, 7) is 3.49. The number of pyridine rings is 1. The van der Waals surface area contributed by atoms with Gasteiger partial charge in [0, 0.05) is 63.0 Å². The van der Waals surface area contributed by atoms with E-state index in [1.165, 1.54) is 0 Å². The van der Waals surface area contributed by atoms with Gasteiger partial charge in [0.15, 0.2) is 0 Å². The minimum absolute atomic E-state index is 0.00787. The van der Waals surface area contributed by atoms with Crippen molar-refractivity contribution >= 4 is 11.8 Å². The number of carbonyl (C=O) groups is 2. The Balaban J connectivity index is 1.25. The van der Waals surface area contributed by atoms with E-state index in [0.29, 0.717) is 43.7 Å². The van der Waals surface area contributed by atoms with Crippen molar-refractivity contribution in [1.29, 1.82) is 0 Å². The molecule has 3 aromatic rings. The molecule has 2 aromatic carbocycles. The molecule has 180 valence electrons.